The molecular formula is C18H13ClN2O2S. The van der Waals surface area contributed by atoms with Gasteiger partial charge in [0, 0.05) is 21.9 Å². The van der Waals surface area contributed by atoms with E-state index in [4.69, 9.17) is 20.9 Å². The minimum absolute atomic E-state index is 0.414. The number of thioether (sulfide) groups is 1. The topological polar surface area (TPSA) is 59.1 Å². The molecule has 0 saturated carbocycles. The third-order valence-electron chi connectivity index (χ3n) is 3.42. The van der Waals surface area contributed by atoms with Crippen molar-refractivity contribution in [2.45, 2.75) is 10.8 Å². The summed E-state index contributed by atoms with van der Waals surface area (Å²) in [7, 11) is 1.64. The average molecular weight is 357 g/mol. The molecule has 0 saturated heterocycles. The number of ether oxygens (including phenoxy) is 1. The fourth-order valence-corrected chi connectivity index (χ4v) is 3.36. The Hall–Kier alpha value is -2.42. The number of aromatic nitrogens is 1. The summed E-state index contributed by atoms with van der Waals surface area (Å²) in [6.07, 6.45) is 0. The molecule has 0 aliphatic rings. The van der Waals surface area contributed by atoms with Gasteiger partial charge in [0.15, 0.2) is 10.8 Å². The minimum atomic E-state index is 0.414. The summed E-state index contributed by atoms with van der Waals surface area (Å²) < 4.78 is 10.7. The highest BCUT2D eigenvalue weighted by molar-refractivity contribution is 7.98. The standard InChI is InChI=1S/C18H13ClN2O2S/c1-22-16-8-3-2-5-13(16)11-24-18-15(10-20)17(23-21-18)12-6-4-7-14(19)9-12/h2-9H,11H2,1H3. The summed E-state index contributed by atoms with van der Waals surface area (Å²) >= 11 is 7.44. The molecule has 0 radical (unpaired) electrons. The molecule has 4 nitrogen and oxygen atoms in total. The molecule has 0 bridgehead atoms. The second-order valence-corrected chi connectivity index (χ2v) is 6.32. The largest absolute Gasteiger partial charge is 0.496 e. The number of rotatable bonds is 5. The van der Waals surface area contributed by atoms with Crippen LogP contribution in [0.2, 0.25) is 5.02 Å². The zero-order valence-corrected chi connectivity index (χ0v) is 14.4. The number of nitriles is 1. The van der Waals surface area contributed by atoms with Crippen molar-refractivity contribution in [2.24, 2.45) is 0 Å². The SMILES string of the molecule is COc1ccccc1CSc1noc(-c2cccc(Cl)c2)c1C#N. The first-order chi connectivity index (χ1) is 11.7. The van der Waals surface area contributed by atoms with Gasteiger partial charge in [0.2, 0.25) is 0 Å². The van der Waals surface area contributed by atoms with Gasteiger partial charge in [0.25, 0.3) is 0 Å². The molecule has 0 fully saturated rings. The predicted molar refractivity (Wildman–Crippen MR) is 94.2 cm³/mol. The van der Waals surface area contributed by atoms with Crippen molar-refractivity contribution in [3.63, 3.8) is 0 Å². The Morgan fingerprint density at radius 3 is 2.83 bits per heavy atom. The minimum Gasteiger partial charge on any atom is -0.496 e. The van der Waals surface area contributed by atoms with Crippen molar-refractivity contribution in [3.8, 4) is 23.1 Å². The predicted octanol–water partition coefficient (Wildman–Crippen LogP) is 5.17. The summed E-state index contributed by atoms with van der Waals surface area (Å²) in [5, 5.41) is 14.7. The van der Waals surface area contributed by atoms with E-state index < -0.39 is 0 Å². The van der Waals surface area contributed by atoms with Crippen LogP contribution in [-0.2, 0) is 5.75 Å². The van der Waals surface area contributed by atoms with Gasteiger partial charge in [-0.3, -0.25) is 0 Å². The summed E-state index contributed by atoms with van der Waals surface area (Å²) in [6.45, 7) is 0. The molecule has 0 N–H and O–H groups in total. The monoisotopic (exact) mass is 356 g/mol. The molecule has 1 aromatic heterocycles. The number of nitrogens with zero attached hydrogens (tertiary/aromatic N) is 2. The van der Waals surface area contributed by atoms with Gasteiger partial charge in [0.05, 0.1) is 7.11 Å². The molecule has 0 amide bonds. The lowest BCUT2D eigenvalue weighted by molar-refractivity contribution is 0.411. The Morgan fingerprint density at radius 2 is 2.08 bits per heavy atom. The second-order valence-electron chi connectivity index (χ2n) is 4.91. The molecule has 1 heterocycles. The summed E-state index contributed by atoms with van der Waals surface area (Å²) in [5.74, 6) is 1.87. The van der Waals surface area contributed by atoms with Crippen molar-refractivity contribution in [1.82, 2.24) is 5.16 Å². The highest BCUT2D eigenvalue weighted by atomic mass is 35.5. The maximum absolute atomic E-state index is 9.50. The summed E-state index contributed by atoms with van der Waals surface area (Å²) in [5.41, 5.74) is 2.18. The van der Waals surface area contributed by atoms with Crippen LogP contribution in [0.3, 0.4) is 0 Å². The Kier molecular flexibility index (Phi) is 5.09. The molecule has 0 aliphatic heterocycles. The quantitative estimate of drug-likeness (QED) is 0.590. The van der Waals surface area contributed by atoms with Crippen molar-refractivity contribution < 1.29 is 9.26 Å². The Bertz CT molecular complexity index is 902. The smallest absolute Gasteiger partial charge is 0.185 e. The Labute approximate surface area is 149 Å². The molecule has 0 aliphatic carbocycles. The first-order valence-corrected chi connectivity index (χ1v) is 8.49. The molecule has 0 atom stereocenters. The molecule has 3 aromatic rings. The number of methoxy groups -OCH3 is 1. The van der Waals surface area contributed by atoms with E-state index in [1.54, 1.807) is 19.2 Å². The van der Waals surface area contributed by atoms with Gasteiger partial charge in [-0.05, 0) is 18.2 Å². The van der Waals surface area contributed by atoms with E-state index >= 15 is 0 Å². The number of para-hydroxylation sites is 1. The molecule has 0 unspecified atom stereocenters. The molecule has 0 spiro atoms. The van der Waals surface area contributed by atoms with Crippen LogP contribution < -0.4 is 4.74 Å². The zero-order chi connectivity index (χ0) is 16.9. The van der Waals surface area contributed by atoms with Crippen molar-refractivity contribution in [3.05, 3.63) is 64.7 Å². The molecular weight excluding hydrogens is 344 g/mol. The van der Waals surface area contributed by atoms with Crippen LogP contribution in [0.5, 0.6) is 5.75 Å². The van der Waals surface area contributed by atoms with Crippen molar-refractivity contribution in [2.75, 3.05) is 7.11 Å². The molecule has 6 heteroatoms. The lowest BCUT2D eigenvalue weighted by Crippen LogP contribution is -1.90. The van der Waals surface area contributed by atoms with Gasteiger partial charge in [-0.15, -0.1) is 0 Å². The van der Waals surface area contributed by atoms with Crippen molar-refractivity contribution in [1.29, 1.82) is 5.26 Å². The van der Waals surface area contributed by atoms with Crippen LogP contribution >= 0.6 is 23.4 Å². The first-order valence-electron chi connectivity index (χ1n) is 7.13. The van der Waals surface area contributed by atoms with Gasteiger partial charge < -0.3 is 9.26 Å². The van der Waals surface area contributed by atoms with E-state index in [2.05, 4.69) is 11.2 Å². The zero-order valence-electron chi connectivity index (χ0n) is 12.8. The van der Waals surface area contributed by atoms with Gasteiger partial charge >= 0.3 is 0 Å². The highest BCUT2D eigenvalue weighted by Crippen LogP contribution is 2.34. The summed E-state index contributed by atoms with van der Waals surface area (Å²) in [4.78, 5) is 0. The fourth-order valence-electron chi connectivity index (χ4n) is 2.27. The van der Waals surface area contributed by atoms with Gasteiger partial charge in [-0.25, -0.2) is 0 Å². The van der Waals surface area contributed by atoms with E-state index in [1.165, 1.54) is 11.8 Å². The molecule has 3 rings (SSSR count). The number of hydrogen-bond acceptors (Lipinski definition) is 5. The van der Waals surface area contributed by atoms with Crippen LogP contribution in [0.15, 0.2) is 58.1 Å². The molecule has 120 valence electrons. The lowest BCUT2D eigenvalue weighted by Gasteiger charge is -2.06. The maximum atomic E-state index is 9.50. The normalized spacial score (nSPS) is 10.4. The van der Waals surface area contributed by atoms with E-state index in [-0.39, 0.29) is 0 Å². The van der Waals surface area contributed by atoms with Crippen molar-refractivity contribution >= 4 is 23.4 Å². The first kappa shape index (κ1) is 16.4. The highest BCUT2D eigenvalue weighted by Gasteiger charge is 2.18. The summed E-state index contributed by atoms with van der Waals surface area (Å²) in [6, 6.07) is 17.1. The lowest BCUT2D eigenvalue weighted by atomic mass is 10.1. The second kappa shape index (κ2) is 7.43. The van der Waals surface area contributed by atoms with E-state index in [1.807, 2.05) is 36.4 Å². The third kappa shape index (κ3) is 3.40. The van der Waals surface area contributed by atoms with Gasteiger partial charge in [-0.2, -0.15) is 5.26 Å². The Balaban J connectivity index is 1.86. The molecule has 24 heavy (non-hydrogen) atoms. The Morgan fingerprint density at radius 1 is 1.25 bits per heavy atom. The third-order valence-corrected chi connectivity index (χ3v) is 4.66. The number of hydrogen-bond donors (Lipinski definition) is 0. The van der Waals surface area contributed by atoms with E-state index in [0.717, 1.165) is 16.9 Å². The van der Waals surface area contributed by atoms with E-state index in [9.17, 15) is 5.26 Å². The maximum Gasteiger partial charge on any atom is 0.185 e. The fraction of sp³-hybridized carbons (Fsp3) is 0.111. The van der Waals surface area contributed by atoms with Crippen LogP contribution in [-0.4, -0.2) is 12.3 Å². The average Bonchev–Trinajstić information content (AvgIpc) is 3.03. The van der Waals surface area contributed by atoms with Gasteiger partial charge in [0.1, 0.15) is 17.4 Å². The van der Waals surface area contributed by atoms with Crippen LogP contribution in [0.4, 0.5) is 0 Å². The van der Waals surface area contributed by atoms with E-state index in [0.29, 0.717) is 27.1 Å². The number of halogens is 1. The van der Waals surface area contributed by atoms with Gasteiger partial charge in [-0.1, -0.05) is 58.9 Å². The van der Waals surface area contributed by atoms with Crippen LogP contribution in [0.1, 0.15) is 11.1 Å². The number of benzene rings is 2. The molecule has 2 aromatic carbocycles. The van der Waals surface area contributed by atoms with Crippen LogP contribution in [0, 0.1) is 11.3 Å². The van der Waals surface area contributed by atoms with Crippen LogP contribution in [0.25, 0.3) is 11.3 Å².